The Morgan fingerprint density at radius 3 is 2.88 bits per heavy atom. The highest BCUT2D eigenvalue weighted by Gasteiger charge is 2.16. The van der Waals surface area contributed by atoms with Gasteiger partial charge in [-0.2, -0.15) is 13.5 Å². The molecule has 34 heavy (non-hydrogen) atoms. The summed E-state index contributed by atoms with van der Waals surface area (Å²) in [6, 6.07) is 11.8. The van der Waals surface area contributed by atoms with E-state index in [1.807, 2.05) is 24.4 Å². The normalized spacial score (nSPS) is 12.9. The van der Waals surface area contributed by atoms with Gasteiger partial charge >= 0.3 is 0 Å². The minimum absolute atomic E-state index is 0. The summed E-state index contributed by atoms with van der Waals surface area (Å²) in [6.07, 6.45) is 6.08. The van der Waals surface area contributed by atoms with E-state index in [1.54, 1.807) is 25.6 Å². The molecular formula is C25H27N7OS. The predicted molar refractivity (Wildman–Crippen MR) is 140 cm³/mol. The van der Waals surface area contributed by atoms with Gasteiger partial charge in [-0.1, -0.05) is 25.1 Å². The summed E-state index contributed by atoms with van der Waals surface area (Å²) in [4.78, 5) is 30.2. The van der Waals surface area contributed by atoms with Crippen LogP contribution in [0.2, 0.25) is 0 Å². The Hall–Kier alpha value is -3.72. The minimum Gasteiger partial charge on any atom is -0.370 e. The average molecular weight is 474 g/mol. The van der Waals surface area contributed by atoms with Crippen LogP contribution in [-0.4, -0.2) is 46.0 Å². The molecule has 0 saturated heterocycles. The molecule has 0 radical (unpaired) electrons. The van der Waals surface area contributed by atoms with Crippen molar-refractivity contribution in [1.82, 2.24) is 25.3 Å². The Labute approximate surface area is 205 Å². The van der Waals surface area contributed by atoms with Gasteiger partial charge in [0.1, 0.15) is 18.0 Å². The van der Waals surface area contributed by atoms with Crippen molar-refractivity contribution in [3.05, 3.63) is 71.8 Å². The van der Waals surface area contributed by atoms with E-state index in [4.69, 9.17) is 0 Å². The number of pyridine rings is 2. The molecule has 1 aromatic carbocycles. The van der Waals surface area contributed by atoms with Crippen LogP contribution in [0.25, 0.3) is 22.2 Å². The SMILES string of the molecule is CNC(=O)c1ccnc2c([C@H](C)CNc3cc(-c4cnc5c(c4)CCN5)ncn3)cccc12.S. The number of para-hydroxylation sites is 1. The molecule has 174 valence electrons. The molecular weight excluding hydrogens is 446 g/mol. The van der Waals surface area contributed by atoms with Crippen LogP contribution >= 0.6 is 13.5 Å². The van der Waals surface area contributed by atoms with E-state index in [2.05, 4.69) is 54.9 Å². The maximum absolute atomic E-state index is 12.3. The number of hydrogen-bond donors (Lipinski definition) is 3. The molecule has 4 heterocycles. The van der Waals surface area contributed by atoms with E-state index in [0.717, 1.165) is 52.3 Å². The van der Waals surface area contributed by atoms with Crippen molar-refractivity contribution in [2.24, 2.45) is 0 Å². The minimum atomic E-state index is -0.115. The predicted octanol–water partition coefficient (Wildman–Crippen LogP) is 3.74. The summed E-state index contributed by atoms with van der Waals surface area (Å²) >= 11 is 0. The number of carbonyl (C=O) groups is 1. The van der Waals surface area contributed by atoms with Crippen molar-refractivity contribution < 1.29 is 4.79 Å². The number of fused-ring (bicyclic) bond motifs is 2. The standard InChI is InChI=1S/C25H25N7O.H2S/c1-15(18-4-3-5-19-20(25(33)26-2)7-9-27-23(18)19)12-29-22-11-21(31-14-32-22)17-10-16-6-8-28-24(16)30-13-17;/h3-5,7,9-11,13-15H,6,8,12H2,1-2H3,(H,26,33)(H,28,30)(H,29,31,32);1H2/t15-;/m1./s1. The topological polar surface area (TPSA) is 105 Å². The van der Waals surface area contributed by atoms with E-state index < -0.39 is 0 Å². The largest absolute Gasteiger partial charge is 0.370 e. The molecule has 0 unspecified atom stereocenters. The van der Waals surface area contributed by atoms with E-state index >= 15 is 0 Å². The summed E-state index contributed by atoms with van der Waals surface area (Å²) in [5.41, 5.74) is 5.58. The molecule has 1 atom stereocenters. The number of aromatic nitrogens is 4. The molecule has 3 aromatic heterocycles. The van der Waals surface area contributed by atoms with Crippen molar-refractivity contribution in [3.63, 3.8) is 0 Å². The molecule has 4 aromatic rings. The Kier molecular flexibility index (Phi) is 6.93. The maximum atomic E-state index is 12.3. The number of anilines is 2. The zero-order chi connectivity index (χ0) is 22.8. The fourth-order valence-electron chi connectivity index (χ4n) is 4.22. The van der Waals surface area contributed by atoms with Crippen molar-refractivity contribution in [2.45, 2.75) is 19.3 Å². The molecule has 9 heteroatoms. The summed E-state index contributed by atoms with van der Waals surface area (Å²) in [6.45, 7) is 3.72. The van der Waals surface area contributed by atoms with Gasteiger partial charge in [0.15, 0.2) is 0 Å². The lowest BCUT2D eigenvalue weighted by atomic mass is 9.96. The van der Waals surface area contributed by atoms with Crippen LogP contribution in [0.3, 0.4) is 0 Å². The van der Waals surface area contributed by atoms with Gasteiger partial charge < -0.3 is 16.0 Å². The summed E-state index contributed by atoms with van der Waals surface area (Å²) in [7, 11) is 1.64. The maximum Gasteiger partial charge on any atom is 0.251 e. The van der Waals surface area contributed by atoms with Gasteiger partial charge in [0.05, 0.1) is 16.8 Å². The number of amides is 1. The molecule has 0 spiro atoms. The van der Waals surface area contributed by atoms with Gasteiger partial charge in [-0.05, 0) is 29.7 Å². The monoisotopic (exact) mass is 473 g/mol. The van der Waals surface area contributed by atoms with Gasteiger partial charge in [-0.15, -0.1) is 0 Å². The number of benzene rings is 1. The van der Waals surface area contributed by atoms with E-state index in [-0.39, 0.29) is 25.3 Å². The van der Waals surface area contributed by atoms with Crippen molar-refractivity contribution >= 4 is 41.9 Å². The number of hydrogen-bond acceptors (Lipinski definition) is 7. The summed E-state index contributed by atoms with van der Waals surface area (Å²) in [5, 5.41) is 10.3. The second-order valence-corrected chi connectivity index (χ2v) is 8.16. The van der Waals surface area contributed by atoms with Crippen molar-refractivity contribution in [3.8, 4) is 11.3 Å². The molecule has 0 fully saturated rings. The van der Waals surface area contributed by atoms with Gasteiger partial charge in [-0.25, -0.2) is 15.0 Å². The highest BCUT2D eigenvalue weighted by atomic mass is 32.1. The smallest absolute Gasteiger partial charge is 0.251 e. The molecule has 0 aliphatic carbocycles. The first kappa shape index (κ1) is 23.4. The van der Waals surface area contributed by atoms with Crippen LogP contribution in [0.15, 0.2) is 55.1 Å². The highest BCUT2D eigenvalue weighted by Crippen LogP contribution is 2.28. The zero-order valence-corrected chi connectivity index (χ0v) is 20.1. The molecule has 5 rings (SSSR count). The lowest BCUT2D eigenvalue weighted by Gasteiger charge is -2.16. The van der Waals surface area contributed by atoms with Crippen LogP contribution in [0.1, 0.15) is 34.3 Å². The van der Waals surface area contributed by atoms with Crippen LogP contribution in [0, 0.1) is 0 Å². The van der Waals surface area contributed by atoms with Crippen LogP contribution in [-0.2, 0) is 6.42 Å². The van der Waals surface area contributed by atoms with Crippen LogP contribution < -0.4 is 16.0 Å². The fourth-order valence-corrected chi connectivity index (χ4v) is 4.22. The number of carbonyl (C=O) groups excluding carboxylic acids is 1. The zero-order valence-electron chi connectivity index (χ0n) is 19.1. The van der Waals surface area contributed by atoms with Gasteiger partial charge in [0.25, 0.3) is 5.91 Å². The first-order valence-corrected chi connectivity index (χ1v) is 11.0. The van der Waals surface area contributed by atoms with Crippen molar-refractivity contribution in [1.29, 1.82) is 0 Å². The van der Waals surface area contributed by atoms with Crippen LogP contribution in [0.4, 0.5) is 11.6 Å². The molecule has 0 bridgehead atoms. The Balaban J connectivity index is 0.00000274. The van der Waals surface area contributed by atoms with Gasteiger partial charge in [-0.3, -0.25) is 9.78 Å². The fraction of sp³-hybridized carbons (Fsp3) is 0.240. The third-order valence-electron chi connectivity index (χ3n) is 6.01. The van der Waals surface area contributed by atoms with Crippen LogP contribution in [0.5, 0.6) is 0 Å². The Morgan fingerprint density at radius 1 is 1.15 bits per heavy atom. The third kappa shape index (κ3) is 4.51. The third-order valence-corrected chi connectivity index (χ3v) is 6.01. The number of nitrogens with zero attached hydrogens (tertiary/aromatic N) is 4. The Morgan fingerprint density at radius 2 is 2.03 bits per heavy atom. The molecule has 1 aliphatic heterocycles. The summed E-state index contributed by atoms with van der Waals surface area (Å²) in [5.74, 6) is 1.75. The second kappa shape index (κ2) is 10.0. The average Bonchev–Trinajstić information content (AvgIpc) is 3.34. The summed E-state index contributed by atoms with van der Waals surface area (Å²) < 4.78 is 0. The first-order valence-electron chi connectivity index (χ1n) is 11.0. The number of rotatable bonds is 6. The lowest BCUT2D eigenvalue weighted by Crippen LogP contribution is -2.18. The molecule has 1 amide bonds. The molecule has 0 saturated carbocycles. The van der Waals surface area contributed by atoms with E-state index in [0.29, 0.717) is 12.1 Å². The Bertz CT molecular complexity index is 1340. The second-order valence-electron chi connectivity index (χ2n) is 8.16. The number of nitrogens with one attached hydrogen (secondary N) is 3. The highest BCUT2D eigenvalue weighted by molar-refractivity contribution is 7.59. The van der Waals surface area contributed by atoms with E-state index in [9.17, 15) is 4.79 Å². The van der Waals surface area contributed by atoms with Gasteiger partial charge in [0.2, 0.25) is 0 Å². The molecule has 8 nitrogen and oxygen atoms in total. The van der Waals surface area contributed by atoms with Gasteiger partial charge in [0, 0.05) is 55.5 Å². The molecule has 1 aliphatic rings. The lowest BCUT2D eigenvalue weighted by molar-refractivity contribution is 0.0964. The molecule has 3 N–H and O–H groups in total. The quantitative estimate of drug-likeness (QED) is 0.392. The first-order chi connectivity index (χ1) is 16.1. The van der Waals surface area contributed by atoms with Crippen molar-refractivity contribution in [2.75, 3.05) is 30.8 Å². The van der Waals surface area contributed by atoms with E-state index in [1.165, 1.54) is 5.56 Å².